The van der Waals surface area contributed by atoms with Crippen molar-refractivity contribution in [3.05, 3.63) is 71.9 Å². The molecule has 1 aliphatic rings. The molecule has 2 aromatic carbocycles. The van der Waals surface area contributed by atoms with Crippen molar-refractivity contribution in [3.63, 3.8) is 0 Å². The Labute approximate surface area is 181 Å². The molecule has 0 N–H and O–H groups in total. The topological polar surface area (TPSA) is 58.6 Å². The van der Waals surface area contributed by atoms with Gasteiger partial charge >= 0.3 is 0 Å². The summed E-state index contributed by atoms with van der Waals surface area (Å²) in [6, 6.07) is 18.9. The number of piperazine rings is 1. The quantitative estimate of drug-likeness (QED) is 0.623. The van der Waals surface area contributed by atoms with Crippen LogP contribution in [0.1, 0.15) is 6.92 Å². The van der Waals surface area contributed by atoms with Crippen LogP contribution in [0.25, 0.3) is 11.4 Å². The first kappa shape index (κ1) is 20.2. The molecule has 3 aromatic rings. The molecule has 1 aromatic heterocycles. The van der Waals surface area contributed by atoms with Crippen LogP contribution in [-0.4, -0.2) is 53.1 Å². The molecular formula is C23H23ClN4O2. The Morgan fingerprint density at radius 2 is 1.70 bits per heavy atom. The van der Waals surface area contributed by atoms with Gasteiger partial charge in [0.15, 0.2) is 11.9 Å². The van der Waals surface area contributed by atoms with Gasteiger partial charge in [-0.25, -0.2) is 9.97 Å². The SMILES string of the molecule is CC(Oc1ccc(Cl)cc1)C(=O)N1CCN(c2ccnc(-c3ccccc3)n2)CC1. The minimum Gasteiger partial charge on any atom is -0.481 e. The van der Waals surface area contributed by atoms with Gasteiger partial charge in [0.25, 0.3) is 5.91 Å². The lowest BCUT2D eigenvalue weighted by Gasteiger charge is -2.36. The molecule has 7 heteroatoms. The molecule has 4 rings (SSSR count). The second kappa shape index (κ2) is 9.13. The molecule has 0 spiro atoms. The van der Waals surface area contributed by atoms with E-state index >= 15 is 0 Å². The van der Waals surface area contributed by atoms with Crippen LogP contribution in [-0.2, 0) is 4.79 Å². The molecule has 0 radical (unpaired) electrons. The standard InChI is InChI=1S/C23H23ClN4O2/c1-17(30-20-9-7-19(24)8-10-20)23(29)28-15-13-27(14-16-28)21-11-12-25-22(26-21)18-5-3-2-4-6-18/h2-12,17H,13-16H2,1H3. The molecule has 1 amide bonds. The van der Waals surface area contributed by atoms with Gasteiger partial charge in [0, 0.05) is 43.0 Å². The summed E-state index contributed by atoms with van der Waals surface area (Å²) in [5.74, 6) is 2.20. The van der Waals surface area contributed by atoms with Crippen LogP contribution in [0.3, 0.4) is 0 Å². The lowest BCUT2D eigenvalue weighted by molar-refractivity contribution is -0.138. The molecule has 6 nitrogen and oxygen atoms in total. The summed E-state index contributed by atoms with van der Waals surface area (Å²) in [6.07, 6.45) is 1.23. The first-order chi connectivity index (χ1) is 14.6. The summed E-state index contributed by atoms with van der Waals surface area (Å²) < 4.78 is 5.78. The maximum Gasteiger partial charge on any atom is 0.263 e. The van der Waals surface area contributed by atoms with Gasteiger partial charge in [-0.3, -0.25) is 4.79 Å². The Morgan fingerprint density at radius 1 is 1.00 bits per heavy atom. The molecule has 0 bridgehead atoms. The number of ether oxygens (including phenoxy) is 1. The van der Waals surface area contributed by atoms with Gasteiger partial charge in [-0.15, -0.1) is 0 Å². The molecule has 1 unspecified atom stereocenters. The average Bonchev–Trinajstić information content (AvgIpc) is 2.81. The number of hydrogen-bond donors (Lipinski definition) is 0. The van der Waals surface area contributed by atoms with Crippen molar-refractivity contribution in [1.82, 2.24) is 14.9 Å². The van der Waals surface area contributed by atoms with Crippen molar-refractivity contribution in [2.24, 2.45) is 0 Å². The van der Waals surface area contributed by atoms with Gasteiger partial charge in [-0.05, 0) is 37.3 Å². The number of aromatic nitrogens is 2. The monoisotopic (exact) mass is 422 g/mol. The van der Waals surface area contributed by atoms with Crippen LogP contribution in [0.2, 0.25) is 5.02 Å². The van der Waals surface area contributed by atoms with Gasteiger partial charge < -0.3 is 14.5 Å². The first-order valence-electron chi connectivity index (χ1n) is 9.94. The van der Waals surface area contributed by atoms with Crippen molar-refractivity contribution in [1.29, 1.82) is 0 Å². The van der Waals surface area contributed by atoms with Crippen molar-refractivity contribution in [2.75, 3.05) is 31.1 Å². The van der Waals surface area contributed by atoms with Gasteiger partial charge in [0.2, 0.25) is 0 Å². The van der Waals surface area contributed by atoms with Crippen LogP contribution in [0, 0.1) is 0 Å². The van der Waals surface area contributed by atoms with E-state index in [9.17, 15) is 4.79 Å². The average molecular weight is 423 g/mol. The van der Waals surface area contributed by atoms with E-state index in [1.54, 1.807) is 37.4 Å². The van der Waals surface area contributed by atoms with Crippen LogP contribution < -0.4 is 9.64 Å². The highest BCUT2D eigenvalue weighted by Crippen LogP contribution is 2.20. The summed E-state index contributed by atoms with van der Waals surface area (Å²) in [7, 11) is 0. The van der Waals surface area contributed by atoms with E-state index in [0.717, 1.165) is 11.4 Å². The normalized spacial score (nSPS) is 15.0. The Bertz CT molecular complexity index is 990. The van der Waals surface area contributed by atoms with E-state index in [4.69, 9.17) is 21.3 Å². The number of nitrogens with zero attached hydrogens (tertiary/aromatic N) is 4. The lowest BCUT2D eigenvalue weighted by Crippen LogP contribution is -2.52. The minimum atomic E-state index is -0.554. The van der Waals surface area contributed by atoms with Gasteiger partial charge in [0.1, 0.15) is 11.6 Å². The van der Waals surface area contributed by atoms with E-state index in [0.29, 0.717) is 42.8 Å². The molecule has 1 aliphatic heterocycles. The molecule has 1 atom stereocenters. The number of rotatable bonds is 5. The number of carbonyl (C=O) groups excluding carboxylic acids is 1. The molecule has 30 heavy (non-hydrogen) atoms. The van der Waals surface area contributed by atoms with Crippen LogP contribution in [0.15, 0.2) is 66.9 Å². The fourth-order valence-electron chi connectivity index (χ4n) is 3.43. The minimum absolute atomic E-state index is 0.0164. The number of benzene rings is 2. The van der Waals surface area contributed by atoms with Crippen LogP contribution in [0.4, 0.5) is 5.82 Å². The maximum atomic E-state index is 12.8. The highest BCUT2D eigenvalue weighted by Gasteiger charge is 2.26. The zero-order valence-electron chi connectivity index (χ0n) is 16.7. The second-order valence-corrected chi connectivity index (χ2v) is 7.57. The van der Waals surface area contributed by atoms with Crippen LogP contribution in [0.5, 0.6) is 5.75 Å². The Balaban J connectivity index is 1.35. The van der Waals surface area contributed by atoms with Crippen molar-refractivity contribution in [3.8, 4) is 17.1 Å². The number of halogens is 1. The zero-order chi connectivity index (χ0) is 20.9. The summed E-state index contributed by atoms with van der Waals surface area (Å²) in [6.45, 7) is 4.45. The fourth-order valence-corrected chi connectivity index (χ4v) is 3.56. The highest BCUT2D eigenvalue weighted by molar-refractivity contribution is 6.30. The van der Waals surface area contributed by atoms with E-state index in [1.165, 1.54) is 0 Å². The first-order valence-corrected chi connectivity index (χ1v) is 10.3. The third-order valence-corrected chi connectivity index (χ3v) is 5.31. The fraction of sp³-hybridized carbons (Fsp3) is 0.261. The molecule has 2 heterocycles. The third-order valence-electron chi connectivity index (χ3n) is 5.06. The van der Waals surface area contributed by atoms with E-state index in [1.807, 2.05) is 41.3 Å². The van der Waals surface area contributed by atoms with Crippen molar-refractivity contribution in [2.45, 2.75) is 13.0 Å². The zero-order valence-corrected chi connectivity index (χ0v) is 17.5. The summed E-state index contributed by atoms with van der Waals surface area (Å²) in [4.78, 5) is 25.9. The largest absolute Gasteiger partial charge is 0.481 e. The molecule has 0 aliphatic carbocycles. The smallest absolute Gasteiger partial charge is 0.263 e. The van der Waals surface area contributed by atoms with Crippen LogP contribution >= 0.6 is 11.6 Å². The van der Waals surface area contributed by atoms with E-state index < -0.39 is 6.10 Å². The second-order valence-electron chi connectivity index (χ2n) is 7.13. The Hall–Kier alpha value is -3.12. The molecule has 1 saturated heterocycles. The number of carbonyl (C=O) groups is 1. The number of anilines is 1. The van der Waals surface area contributed by atoms with Gasteiger partial charge in [-0.1, -0.05) is 41.9 Å². The molecule has 154 valence electrons. The van der Waals surface area contributed by atoms with E-state index in [2.05, 4.69) is 9.88 Å². The lowest BCUT2D eigenvalue weighted by atomic mass is 10.2. The Kier molecular flexibility index (Phi) is 6.14. The Morgan fingerprint density at radius 3 is 2.40 bits per heavy atom. The van der Waals surface area contributed by atoms with Crippen molar-refractivity contribution < 1.29 is 9.53 Å². The molecular weight excluding hydrogens is 400 g/mol. The predicted octanol–water partition coefficient (Wildman–Crippen LogP) is 3.91. The highest BCUT2D eigenvalue weighted by atomic mass is 35.5. The predicted molar refractivity (Wildman–Crippen MR) is 118 cm³/mol. The van der Waals surface area contributed by atoms with Gasteiger partial charge in [-0.2, -0.15) is 0 Å². The summed E-state index contributed by atoms with van der Waals surface area (Å²) >= 11 is 5.90. The molecule has 0 saturated carbocycles. The van der Waals surface area contributed by atoms with Gasteiger partial charge in [0.05, 0.1) is 0 Å². The summed E-state index contributed by atoms with van der Waals surface area (Å²) in [5.41, 5.74) is 0.987. The summed E-state index contributed by atoms with van der Waals surface area (Å²) in [5, 5.41) is 0.637. The third kappa shape index (κ3) is 4.71. The number of amides is 1. The number of hydrogen-bond acceptors (Lipinski definition) is 5. The van der Waals surface area contributed by atoms with Crippen molar-refractivity contribution >= 4 is 23.3 Å². The van der Waals surface area contributed by atoms with E-state index in [-0.39, 0.29) is 5.91 Å². The maximum absolute atomic E-state index is 12.8. The molecule has 1 fully saturated rings.